The molecule has 0 aliphatic heterocycles. The van der Waals surface area contributed by atoms with Crippen LogP contribution in [-0.2, 0) is 6.54 Å². The Morgan fingerprint density at radius 2 is 1.85 bits per heavy atom. The van der Waals surface area contributed by atoms with Crippen LogP contribution in [0, 0.1) is 0 Å². The summed E-state index contributed by atoms with van der Waals surface area (Å²) in [5, 5.41) is 15.3. The quantitative estimate of drug-likeness (QED) is 0.486. The Morgan fingerprint density at radius 1 is 1.00 bits per heavy atom. The average Bonchev–Trinajstić information content (AvgIpc) is 3.28. The third-order valence-corrected chi connectivity index (χ3v) is 6.45. The number of hydrogen-bond donors (Lipinski definition) is 2. The molecular weight excluding hydrogens is 378 g/mol. The van der Waals surface area contributed by atoms with Gasteiger partial charge in [-0.2, -0.15) is 0 Å². The van der Waals surface area contributed by atoms with Gasteiger partial charge in [0.2, 0.25) is 0 Å². The first-order valence-electron chi connectivity index (χ1n) is 8.29. The first-order chi connectivity index (χ1) is 13.1. The molecule has 4 nitrogen and oxygen atoms in total. The molecule has 6 heteroatoms. The van der Waals surface area contributed by atoms with Crippen LogP contribution in [-0.4, -0.2) is 17.0 Å². The summed E-state index contributed by atoms with van der Waals surface area (Å²) < 4.78 is 1.14. The number of carboxylic acids is 1. The van der Waals surface area contributed by atoms with Crippen LogP contribution in [0.4, 0.5) is 0 Å². The molecule has 0 bridgehead atoms. The summed E-state index contributed by atoms with van der Waals surface area (Å²) in [7, 11) is 0. The highest BCUT2D eigenvalue weighted by atomic mass is 32.2. The fourth-order valence-electron chi connectivity index (χ4n) is 2.92. The maximum atomic E-state index is 12.5. The van der Waals surface area contributed by atoms with E-state index in [0.29, 0.717) is 11.4 Å². The fraction of sp³-hybridized carbons (Fsp3) is 0.0476. The zero-order valence-electron chi connectivity index (χ0n) is 14.1. The minimum atomic E-state index is -0.958. The molecule has 0 spiro atoms. The van der Waals surface area contributed by atoms with E-state index >= 15 is 0 Å². The van der Waals surface area contributed by atoms with Crippen molar-refractivity contribution < 1.29 is 14.7 Å². The third-order valence-electron chi connectivity index (χ3n) is 4.25. The van der Waals surface area contributed by atoms with E-state index in [1.165, 1.54) is 11.3 Å². The normalized spacial score (nSPS) is 10.8. The van der Waals surface area contributed by atoms with Gasteiger partial charge in [-0.1, -0.05) is 36.4 Å². The van der Waals surface area contributed by atoms with Gasteiger partial charge in [0.05, 0.1) is 14.5 Å². The molecule has 4 aromatic rings. The lowest BCUT2D eigenvalue weighted by Crippen LogP contribution is -2.22. The summed E-state index contributed by atoms with van der Waals surface area (Å²) in [5.74, 6) is -1.06. The number of benzene rings is 2. The Kier molecular flexibility index (Phi) is 4.75. The monoisotopic (exact) mass is 393 g/mol. The van der Waals surface area contributed by atoms with E-state index in [9.17, 15) is 14.7 Å². The number of nitrogens with one attached hydrogen (secondary N) is 1. The molecule has 134 valence electrons. The smallest absolute Gasteiger partial charge is 0.335 e. The van der Waals surface area contributed by atoms with Crippen molar-refractivity contribution in [1.82, 2.24) is 5.32 Å². The molecule has 2 aromatic carbocycles. The molecule has 2 N–H and O–H groups in total. The molecule has 4 rings (SSSR count). The minimum Gasteiger partial charge on any atom is -0.478 e. The topological polar surface area (TPSA) is 66.4 Å². The Morgan fingerprint density at radius 3 is 2.67 bits per heavy atom. The molecule has 0 aliphatic carbocycles. The molecule has 0 saturated carbocycles. The SMILES string of the molecule is O=C(O)c1cccc(-c2ccccc2CNC(=O)c2cc3ccsc3s2)c1. The number of amides is 1. The summed E-state index contributed by atoms with van der Waals surface area (Å²) in [5.41, 5.74) is 2.90. The van der Waals surface area contributed by atoms with E-state index in [1.54, 1.807) is 29.5 Å². The van der Waals surface area contributed by atoms with Crippen molar-refractivity contribution in [1.29, 1.82) is 0 Å². The molecular formula is C21H15NO3S2. The zero-order chi connectivity index (χ0) is 18.8. The summed E-state index contributed by atoms with van der Waals surface area (Å²) in [6.45, 7) is 0.373. The second-order valence-corrected chi connectivity index (χ2v) is 8.23. The van der Waals surface area contributed by atoms with Crippen molar-refractivity contribution in [2.75, 3.05) is 0 Å². The van der Waals surface area contributed by atoms with Crippen LogP contribution in [0.15, 0.2) is 66.0 Å². The number of hydrogen-bond acceptors (Lipinski definition) is 4. The lowest BCUT2D eigenvalue weighted by atomic mass is 9.98. The van der Waals surface area contributed by atoms with Gasteiger partial charge in [-0.05, 0) is 46.3 Å². The first kappa shape index (κ1) is 17.5. The predicted octanol–water partition coefficient (Wildman–Crippen LogP) is 5.26. The van der Waals surface area contributed by atoms with Gasteiger partial charge >= 0.3 is 5.97 Å². The molecule has 0 aliphatic rings. The Hall–Kier alpha value is -2.96. The van der Waals surface area contributed by atoms with Gasteiger partial charge in [0.1, 0.15) is 0 Å². The first-order valence-corrected chi connectivity index (χ1v) is 9.98. The number of thiophene rings is 2. The van der Waals surface area contributed by atoms with E-state index in [4.69, 9.17) is 0 Å². The Bertz CT molecular complexity index is 1110. The summed E-state index contributed by atoms with van der Waals surface area (Å²) in [6, 6.07) is 18.4. The minimum absolute atomic E-state index is 0.0995. The van der Waals surface area contributed by atoms with Crippen molar-refractivity contribution >= 4 is 43.9 Å². The predicted molar refractivity (Wildman–Crippen MR) is 110 cm³/mol. The highest BCUT2D eigenvalue weighted by Gasteiger charge is 2.13. The lowest BCUT2D eigenvalue weighted by molar-refractivity contribution is 0.0696. The van der Waals surface area contributed by atoms with E-state index in [-0.39, 0.29) is 11.5 Å². The van der Waals surface area contributed by atoms with Gasteiger partial charge in [-0.15, -0.1) is 22.7 Å². The van der Waals surface area contributed by atoms with Crippen molar-refractivity contribution in [3.05, 3.63) is 82.0 Å². The molecule has 0 radical (unpaired) electrons. The lowest BCUT2D eigenvalue weighted by Gasteiger charge is -2.11. The van der Waals surface area contributed by atoms with Gasteiger partial charge in [0.25, 0.3) is 5.91 Å². The maximum absolute atomic E-state index is 12.5. The van der Waals surface area contributed by atoms with Gasteiger partial charge < -0.3 is 10.4 Å². The Balaban J connectivity index is 1.56. The van der Waals surface area contributed by atoms with Gasteiger partial charge in [-0.3, -0.25) is 4.79 Å². The highest BCUT2D eigenvalue weighted by Crippen LogP contribution is 2.30. The summed E-state index contributed by atoms with van der Waals surface area (Å²) >= 11 is 3.13. The van der Waals surface area contributed by atoms with E-state index < -0.39 is 5.97 Å². The van der Waals surface area contributed by atoms with Crippen LogP contribution in [0.5, 0.6) is 0 Å². The zero-order valence-corrected chi connectivity index (χ0v) is 15.8. The standard InChI is InChI=1S/C21H15NO3S2/c23-19(18-11-15-8-9-26-21(15)27-18)22-12-16-4-1-2-7-17(16)13-5-3-6-14(10-13)20(24)25/h1-11H,12H2,(H,22,23)(H,24,25). The number of fused-ring (bicyclic) bond motifs is 1. The second-order valence-electron chi connectivity index (χ2n) is 6.00. The number of rotatable bonds is 5. The molecule has 2 aromatic heterocycles. The van der Waals surface area contributed by atoms with Gasteiger partial charge in [-0.25, -0.2) is 4.79 Å². The van der Waals surface area contributed by atoms with Crippen LogP contribution in [0.2, 0.25) is 0 Å². The second kappa shape index (κ2) is 7.34. The maximum Gasteiger partial charge on any atom is 0.335 e. The fourth-order valence-corrected chi connectivity index (χ4v) is 4.94. The van der Waals surface area contributed by atoms with E-state index in [0.717, 1.165) is 26.1 Å². The molecule has 0 unspecified atom stereocenters. The van der Waals surface area contributed by atoms with Crippen LogP contribution in [0.3, 0.4) is 0 Å². The van der Waals surface area contributed by atoms with Crippen molar-refractivity contribution in [3.8, 4) is 11.1 Å². The molecule has 0 saturated heterocycles. The van der Waals surface area contributed by atoms with Crippen molar-refractivity contribution in [2.24, 2.45) is 0 Å². The largest absolute Gasteiger partial charge is 0.478 e. The van der Waals surface area contributed by atoms with Gasteiger partial charge in [0.15, 0.2) is 0 Å². The summed E-state index contributed by atoms with van der Waals surface area (Å²) in [4.78, 5) is 24.4. The van der Waals surface area contributed by atoms with Crippen molar-refractivity contribution in [3.63, 3.8) is 0 Å². The van der Waals surface area contributed by atoms with Gasteiger partial charge in [0, 0.05) is 11.9 Å². The average molecular weight is 393 g/mol. The van der Waals surface area contributed by atoms with Crippen molar-refractivity contribution in [2.45, 2.75) is 6.54 Å². The number of carbonyl (C=O) groups is 2. The summed E-state index contributed by atoms with van der Waals surface area (Å²) in [6.07, 6.45) is 0. The molecule has 27 heavy (non-hydrogen) atoms. The molecule has 2 heterocycles. The Labute approximate surface area is 163 Å². The van der Waals surface area contributed by atoms with Crippen LogP contribution in [0.25, 0.3) is 20.5 Å². The highest BCUT2D eigenvalue weighted by molar-refractivity contribution is 7.38. The van der Waals surface area contributed by atoms with Crippen LogP contribution < -0.4 is 5.32 Å². The number of carbonyl (C=O) groups excluding carboxylic acids is 1. The molecule has 0 atom stereocenters. The van der Waals surface area contributed by atoms with E-state index in [2.05, 4.69) is 5.32 Å². The molecule has 1 amide bonds. The van der Waals surface area contributed by atoms with Crippen LogP contribution >= 0.6 is 22.7 Å². The van der Waals surface area contributed by atoms with Crippen LogP contribution in [0.1, 0.15) is 25.6 Å². The third kappa shape index (κ3) is 3.63. The molecule has 0 fully saturated rings. The number of carboxylic acid groups (broad SMARTS) is 1. The van der Waals surface area contributed by atoms with E-state index in [1.807, 2.05) is 47.8 Å². The number of aromatic carboxylic acids is 1.